The maximum atomic E-state index is 12.0. The minimum Gasteiger partial charge on any atom is -0.347 e. The molecule has 1 heterocycles. The number of likely N-dealkylation sites (N-methyl/N-ethyl adjacent to an activating group) is 1. The molecule has 1 aliphatic heterocycles. The molecule has 4 heteroatoms. The molecule has 1 aliphatic carbocycles. The standard InChI is InChI=1S/C10H16N2O2/c1-7(13)12-5-4-8-6-10(8,12)9(14)11(2)3/h8H,4-6H2,1-3H3. The Hall–Kier alpha value is -1.06. The van der Waals surface area contributed by atoms with Crippen molar-refractivity contribution in [3.8, 4) is 0 Å². The van der Waals surface area contributed by atoms with Gasteiger partial charge in [-0.15, -0.1) is 0 Å². The molecule has 1 saturated carbocycles. The highest BCUT2D eigenvalue weighted by atomic mass is 16.2. The number of carbonyl (C=O) groups is 2. The second-order valence-corrected chi connectivity index (χ2v) is 4.48. The summed E-state index contributed by atoms with van der Waals surface area (Å²) in [7, 11) is 3.51. The predicted molar refractivity (Wildman–Crippen MR) is 51.5 cm³/mol. The highest BCUT2D eigenvalue weighted by Crippen LogP contribution is 2.56. The summed E-state index contributed by atoms with van der Waals surface area (Å²) in [6.45, 7) is 2.30. The Balaban J connectivity index is 2.24. The molecule has 2 fully saturated rings. The minimum absolute atomic E-state index is 0.0280. The number of likely N-dealkylation sites (tertiary alicyclic amines) is 1. The Morgan fingerprint density at radius 3 is 2.50 bits per heavy atom. The first kappa shape index (κ1) is 9.49. The van der Waals surface area contributed by atoms with E-state index in [1.165, 1.54) is 0 Å². The average Bonchev–Trinajstić information content (AvgIpc) is 2.71. The molecule has 0 radical (unpaired) electrons. The number of hydrogen-bond acceptors (Lipinski definition) is 2. The van der Waals surface area contributed by atoms with Gasteiger partial charge in [0.25, 0.3) is 0 Å². The van der Waals surface area contributed by atoms with Gasteiger partial charge >= 0.3 is 0 Å². The fourth-order valence-corrected chi connectivity index (χ4v) is 2.68. The van der Waals surface area contributed by atoms with Crippen molar-refractivity contribution in [3.63, 3.8) is 0 Å². The van der Waals surface area contributed by atoms with E-state index in [0.717, 1.165) is 19.4 Å². The fraction of sp³-hybridized carbons (Fsp3) is 0.800. The molecule has 1 saturated heterocycles. The van der Waals surface area contributed by atoms with Crippen LogP contribution in [0.1, 0.15) is 19.8 Å². The summed E-state index contributed by atoms with van der Waals surface area (Å²) in [5, 5.41) is 0. The average molecular weight is 196 g/mol. The number of nitrogens with zero attached hydrogens (tertiary/aromatic N) is 2. The lowest BCUT2D eigenvalue weighted by Crippen LogP contribution is -2.49. The van der Waals surface area contributed by atoms with Gasteiger partial charge in [-0.3, -0.25) is 9.59 Å². The van der Waals surface area contributed by atoms with Crippen molar-refractivity contribution in [3.05, 3.63) is 0 Å². The Morgan fingerprint density at radius 2 is 2.07 bits per heavy atom. The van der Waals surface area contributed by atoms with Crippen LogP contribution in [0.25, 0.3) is 0 Å². The molecule has 2 unspecified atom stereocenters. The molecular formula is C10H16N2O2. The molecule has 0 N–H and O–H groups in total. The van der Waals surface area contributed by atoms with Crippen LogP contribution in [0.5, 0.6) is 0 Å². The third kappa shape index (κ3) is 0.996. The Bertz CT molecular complexity index is 300. The van der Waals surface area contributed by atoms with Crippen molar-refractivity contribution < 1.29 is 9.59 Å². The third-order valence-corrected chi connectivity index (χ3v) is 3.41. The van der Waals surface area contributed by atoms with Crippen LogP contribution in [-0.4, -0.2) is 47.8 Å². The van der Waals surface area contributed by atoms with Crippen LogP contribution in [0.2, 0.25) is 0 Å². The lowest BCUT2D eigenvalue weighted by atomic mass is 10.2. The molecule has 14 heavy (non-hydrogen) atoms. The maximum Gasteiger partial charge on any atom is 0.248 e. The molecule has 2 rings (SSSR count). The summed E-state index contributed by atoms with van der Waals surface area (Å²) in [5.41, 5.74) is -0.449. The smallest absolute Gasteiger partial charge is 0.248 e. The number of amides is 2. The summed E-state index contributed by atoms with van der Waals surface area (Å²) < 4.78 is 0. The molecule has 0 aromatic carbocycles. The van der Waals surface area contributed by atoms with Gasteiger partial charge in [-0.2, -0.15) is 0 Å². The van der Waals surface area contributed by atoms with Crippen molar-refractivity contribution >= 4 is 11.8 Å². The van der Waals surface area contributed by atoms with Gasteiger partial charge in [-0.05, 0) is 18.8 Å². The highest BCUT2D eigenvalue weighted by Gasteiger charge is 2.68. The van der Waals surface area contributed by atoms with E-state index in [-0.39, 0.29) is 11.8 Å². The molecule has 2 amide bonds. The van der Waals surface area contributed by atoms with Gasteiger partial charge in [0.15, 0.2) is 0 Å². The highest BCUT2D eigenvalue weighted by molar-refractivity contribution is 5.94. The quantitative estimate of drug-likeness (QED) is 0.596. The Kier molecular flexibility index (Phi) is 1.84. The lowest BCUT2D eigenvalue weighted by Gasteiger charge is -2.28. The van der Waals surface area contributed by atoms with Crippen LogP contribution in [0.4, 0.5) is 0 Å². The van der Waals surface area contributed by atoms with Crippen LogP contribution in [0, 0.1) is 5.92 Å². The number of fused-ring (bicyclic) bond motifs is 1. The number of rotatable bonds is 1. The fourth-order valence-electron chi connectivity index (χ4n) is 2.68. The SMILES string of the molecule is CC(=O)N1CCC2CC21C(=O)N(C)C. The molecular weight excluding hydrogens is 180 g/mol. The van der Waals surface area contributed by atoms with E-state index in [1.54, 1.807) is 30.8 Å². The first-order chi connectivity index (χ1) is 6.50. The Labute approximate surface area is 83.9 Å². The predicted octanol–water partition coefficient (Wildman–Crippen LogP) is 0.0855. The zero-order valence-electron chi connectivity index (χ0n) is 8.91. The summed E-state index contributed by atoms with van der Waals surface area (Å²) in [6, 6.07) is 0. The van der Waals surface area contributed by atoms with Crippen molar-refractivity contribution in [2.75, 3.05) is 20.6 Å². The molecule has 2 aliphatic rings. The second-order valence-electron chi connectivity index (χ2n) is 4.48. The van der Waals surface area contributed by atoms with Crippen LogP contribution in [0.3, 0.4) is 0 Å². The van der Waals surface area contributed by atoms with Crippen LogP contribution in [-0.2, 0) is 9.59 Å². The van der Waals surface area contributed by atoms with Crippen LogP contribution in [0.15, 0.2) is 0 Å². The van der Waals surface area contributed by atoms with E-state index in [2.05, 4.69) is 0 Å². The van der Waals surface area contributed by atoms with Crippen molar-refractivity contribution in [1.29, 1.82) is 0 Å². The van der Waals surface area contributed by atoms with E-state index < -0.39 is 5.54 Å². The minimum atomic E-state index is -0.449. The topological polar surface area (TPSA) is 40.6 Å². The second kappa shape index (κ2) is 2.72. The third-order valence-electron chi connectivity index (χ3n) is 3.41. The number of carbonyl (C=O) groups excluding carboxylic acids is 2. The van der Waals surface area contributed by atoms with E-state index in [9.17, 15) is 9.59 Å². The lowest BCUT2D eigenvalue weighted by molar-refractivity contribution is -0.143. The van der Waals surface area contributed by atoms with E-state index >= 15 is 0 Å². The zero-order chi connectivity index (χ0) is 10.5. The number of hydrogen-bond donors (Lipinski definition) is 0. The monoisotopic (exact) mass is 196 g/mol. The summed E-state index contributed by atoms with van der Waals surface area (Å²) >= 11 is 0. The van der Waals surface area contributed by atoms with E-state index in [4.69, 9.17) is 0 Å². The van der Waals surface area contributed by atoms with Gasteiger partial charge in [0.1, 0.15) is 5.54 Å². The molecule has 4 nitrogen and oxygen atoms in total. The summed E-state index contributed by atoms with van der Waals surface area (Å²) in [5.74, 6) is 0.539. The van der Waals surface area contributed by atoms with Crippen LogP contribution >= 0.6 is 0 Å². The molecule has 0 spiro atoms. The molecule has 78 valence electrons. The van der Waals surface area contributed by atoms with E-state index in [0.29, 0.717) is 5.92 Å². The summed E-state index contributed by atoms with van der Waals surface area (Å²) in [6.07, 6.45) is 1.85. The Morgan fingerprint density at radius 1 is 1.43 bits per heavy atom. The van der Waals surface area contributed by atoms with Gasteiger partial charge in [0.2, 0.25) is 11.8 Å². The zero-order valence-corrected chi connectivity index (χ0v) is 8.91. The van der Waals surface area contributed by atoms with Crippen molar-refractivity contribution in [1.82, 2.24) is 9.80 Å². The van der Waals surface area contributed by atoms with Gasteiger partial charge in [0, 0.05) is 27.6 Å². The van der Waals surface area contributed by atoms with Crippen molar-refractivity contribution in [2.45, 2.75) is 25.3 Å². The van der Waals surface area contributed by atoms with Gasteiger partial charge in [-0.25, -0.2) is 0 Å². The van der Waals surface area contributed by atoms with Crippen LogP contribution < -0.4 is 0 Å². The molecule has 0 aromatic heterocycles. The van der Waals surface area contributed by atoms with Gasteiger partial charge in [-0.1, -0.05) is 0 Å². The first-order valence-electron chi connectivity index (χ1n) is 5.00. The normalized spacial score (nSPS) is 33.9. The summed E-state index contributed by atoms with van der Waals surface area (Å²) in [4.78, 5) is 26.7. The van der Waals surface area contributed by atoms with Gasteiger partial charge < -0.3 is 9.80 Å². The maximum absolute atomic E-state index is 12.0. The van der Waals surface area contributed by atoms with E-state index in [1.807, 2.05) is 0 Å². The molecule has 2 atom stereocenters. The molecule has 0 bridgehead atoms. The first-order valence-corrected chi connectivity index (χ1v) is 5.00. The number of piperidine rings is 1. The largest absolute Gasteiger partial charge is 0.347 e. The van der Waals surface area contributed by atoms with Crippen molar-refractivity contribution in [2.24, 2.45) is 5.92 Å². The molecule has 0 aromatic rings. The van der Waals surface area contributed by atoms with Gasteiger partial charge in [0.05, 0.1) is 0 Å².